The van der Waals surface area contributed by atoms with Gasteiger partial charge in [0.05, 0.1) is 0 Å². The first-order valence-corrected chi connectivity index (χ1v) is 13.4. The van der Waals surface area contributed by atoms with Crippen molar-refractivity contribution in [1.82, 2.24) is 0 Å². The van der Waals surface area contributed by atoms with E-state index in [4.69, 9.17) is 5.11 Å². The van der Waals surface area contributed by atoms with Crippen molar-refractivity contribution in [2.75, 3.05) is 0 Å². The normalized spacial score (nSPS) is 11.4. The van der Waals surface area contributed by atoms with Gasteiger partial charge in [-0.3, -0.25) is 0 Å². The zero-order chi connectivity index (χ0) is 11.9. The summed E-state index contributed by atoms with van der Waals surface area (Å²) in [6, 6.07) is 0. The number of hydrogen-bond acceptors (Lipinski definition) is 1. The molecule has 15 heavy (non-hydrogen) atoms. The average Bonchev–Trinajstić information content (AvgIpc) is 2.17. The Kier molecular flexibility index (Phi) is 7.31. The minimum absolute atomic E-state index is 0.620. The topological polar surface area (TPSA) is 37.3 Å². The van der Waals surface area contributed by atoms with Crippen LogP contribution in [0.3, 0.4) is 0 Å². The van der Waals surface area contributed by atoms with Crippen LogP contribution < -0.4 is 0 Å². The molecule has 0 amide bonds. The fourth-order valence-corrected chi connectivity index (χ4v) is 16.7. The molecule has 0 fully saturated rings. The van der Waals surface area contributed by atoms with Gasteiger partial charge in [-0.15, -0.1) is 0 Å². The number of carboxylic acids is 1. The van der Waals surface area contributed by atoms with E-state index in [0.717, 1.165) is 32.6 Å². The summed E-state index contributed by atoms with van der Waals surface area (Å²) in [5, 5.41) is 9.15. The van der Waals surface area contributed by atoms with Crippen molar-refractivity contribution in [3.63, 3.8) is 0 Å². The number of carbonyl (C=O) groups is 1. The maximum absolute atomic E-state index is 11.1. The first-order valence-electron chi connectivity index (χ1n) is 5.96. The molecule has 0 aromatic heterocycles. The van der Waals surface area contributed by atoms with Gasteiger partial charge in [-0.2, -0.15) is 0 Å². The Labute approximate surface area is 97.6 Å². The first-order chi connectivity index (χ1) is 7.04. The SMILES string of the molecule is C=[C](C(=O)O)[Sn]([CH2]CC)([CH2]CC)[CH2]CC. The van der Waals surface area contributed by atoms with Crippen LogP contribution in [0.15, 0.2) is 10.2 Å². The number of rotatable bonds is 8. The molecular formula is C12H24O2Sn. The van der Waals surface area contributed by atoms with Gasteiger partial charge in [0.15, 0.2) is 0 Å². The predicted octanol–water partition coefficient (Wildman–Crippen LogP) is 3.85. The van der Waals surface area contributed by atoms with Crippen molar-refractivity contribution in [3.05, 3.63) is 10.2 Å². The van der Waals surface area contributed by atoms with E-state index < -0.39 is 24.3 Å². The molecule has 0 aliphatic heterocycles. The summed E-state index contributed by atoms with van der Waals surface area (Å²) in [7, 11) is 0. The molecule has 0 unspecified atom stereocenters. The Morgan fingerprint density at radius 2 is 1.40 bits per heavy atom. The van der Waals surface area contributed by atoms with Gasteiger partial charge in [-0.25, -0.2) is 0 Å². The van der Waals surface area contributed by atoms with E-state index in [2.05, 4.69) is 27.4 Å². The Bertz CT molecular complexity index is 207. The molecular weight excluding hydrogens is 295 g/mol. The minimum atomic E-state index is -2.57. The second-order valence-electron chi connectivity index (χ2n) is 4.31. The van der Waals surface area contributed by atoms with Gasteiger partial charge in [0.1, 0.15) is 0 Å². The number of carboxylic acid groups (broad SMARTS) is 1. The zero-order valence-corrected chi connectivity index (χ0v) is 13.2. The van der Waals surface area contributed by atoms with Gasteiger partial charge in [0.2, 0.25) is 0 Å². The molecule has 0 rings (SSSR count). The zero-order valence-electron chi connectivity index (χ0n) is 10.3. The van der Waals surface area contributed by atoms with Crippen molar-refractivity contribution in [1.29, 1.82) is 0 Å². The average molecular weight is 319 g/mol. The third kappa shape index (κ3) is 4.17. The van der Waals surface area contributed by atoms with E-state index in [0.29, 0.717) is 3.59 Å². The summed E-state index contributed by atoms with van der Waals surface area (Å²) in [6.07, 6.45) is 3.34. The Morgan fingerprint density at radius 3 is 1.60 bits per heavy atom. The molecule has 0 saturated heterocycles. The van der Waals surface area contributed by atoms with Crippen molar-refractivity contribution in [3.8, 4) is 0 Å². The molecule has 0 aromatic carbocycles. The van der Waals surface area contributed by atoms with Crippen molar-refractivity contribution >= 4 is 24.3 Å². The third-order valence-corrected chi connectivity index (χ3v) is 19.8. The van der Waals surface area contributed by atoms with Crippen LogP contribution in [0.5, 0.6) is 0 Å². The molecule has 0 atom stereocenters. The van der Waals surface area contributed by atoms with E-state index in [1.54, 1.807) is 0 Å². The van der Waals surface area contributed by atoms with Crippen LogP contribution in [0.25, 0.3) is 0 Å². The second-order valence-corrected chi connectivity index (χ2v) is 17.6. The molecule has 0 radical (unpaired) electrons. The van der Waals surface area contributed by atoms with Crippen LogP contribution in [0.4, 0.5) is 0 Å². The number of aliphatic carboxylic acids is 1. The fourth-order valence-electron chi connectivity index (χ4n) is 2.49. The Hall–Kier alpha value is 0.00870. The van der Waals surface area contributed by atoms with Crippen LogP contribution in [0.2, 0.25) is 13.3 Å². The summed E-state index contributed by atoms with van der Waals surface area (Å²) in [4.78, 5) is 11.1. The summed E-state index contributed by atoms with van der Waals surface area (Å²) in [5.74, 6) is -0.735. The number of hydrogen-bond donors (Lipinski definition) is 1. The van der Waals surface area contributed by atoms with E-state index in [1.807, 2.05) is 0 Å². The van der Waals surface area contributed by atoms with Gasteiger partial charge in [0, 0.05) is 0 Å². The van der Waals surface area contributed by atoms with Crippen LogP contribution >= 0.6 is 0 Å². The first kappa shape index (κ1) is 15.0. The van der Waals surface area contributed by atoms with Crippen LogP contribution in [-0.4, -0.2) is 29.5 Å². The Balaban J connectivity index is 4.90. The third-order valence-electron chi connectivity index (χ3n) is 3.08. The van der Waals surface area contributed by atoms with Crippen molar-refractivity contribution in [2.24, 2.45) is 0 Å². The molecule has 0 heterocycles. The van der Waals surface area contributed by atoms with Gasteiger partial charge < -0.3 is 0 Å². The van der Waals surface area contributed by atoms with Gasteiger partial charge >= 0.3 is 97.8 Å². The molecule has 88 valence electrons. The van der Waals surface area contributed by atoms with Crippen LogP contribution in [0.1, 0.15) is 40.0 Å². The molecule has 0 saturated carbocycles. The molecule has 0 aliphatic carbocycles. The molecule has 0 aliphatic rings. The molecule has 1 N–H and O–H groups in total. The van der Waals surface area contributed by atoms with Crippen LogP contribution in [0, 0.1) is 0 Å². The molecule has 0 aromatic rings. The predicted molar refractivity (Wildman–Crippen MR) is 67.8 cm³/mol. The maximum atomic E-state index is 11.1. The van der Waals surface area contributed by atoms with Crippen molar-refractivity contribution < 1.29 is 9.90 Å². The monoisotopic (exact) mass is 320 g/mol. The Morgan fingerprint density at radius 1 is 1.07 bits per heavy atom. The second kappa shape index (κ2) is 7.31. The molecule has 2 nitrogen and oxygen atoms in total. The fraction of sp³-hybridized carbons (Fsp3) is 0.750. The van der Waals surface area contributed by atoms with Crippen LogP contribution in [-0.2, 0) is 4.79 Å². The van der Waals surface area contributed by atoms with Gasteiger partial charge in [-0.1, -0.05) is 0 Å². The van der Waals surface area contributed by atoms with E-state index >= 15 is 0 Å². The van der Waals surface area contributed by atoms with Crippen molar-refractivity contribution in [2.45, 2.75) is 53.3 Å². The summed E-state index contributed by atoms with van der Waals surface area (Å²) in [6.45, 7) is 10.4. The van der Waals surface area contributed by atoms with E-state index in [-0.39, 0.29) is 0 Å². The quantitative estimate of drug-likeness (QED) is 0.545. The standard InChI is InChI=1S/C3H3O2.3C3H7.Sn/c1-2-3(4)5;3*1-3-2;/h1H2,(H,4,5);3*1,3H2,2H3;. The summed E-state index contributed by atoms with van der Waals surface area (Å²) >= 11 is -2.57. The molecule has 0 spiro atoms. The summed E-state index contributed by atoms with van der Waals surface area (Å²) < 4.78 is 4.08. The van der Waals surface area contributed by atoms with Gasteiger partial charge in [-0.05, 0) is 0 Å². The molecule has 0 bridgehead atoms. The van der Waals surface area contributed by atoms with E-state index in [9.17, 15) is 4.79 Å². The van der Waals surface area contributed by atoms with Gasteiger partial charge in [0.25, 0.3) is 0 Å². The summed E-state index contributed by atoms with van der Waals surface area (Å²) in [5.41, 5.74) is 0. The van der Waals surface area contributed by atoms with E-state index in [1.165, 1.54) is 0 Å². The molecule has 3 heteroatoms.